The smallest absolute Gasteiger partial charge is 0.266 e. The Morgan fingerprint density at radius 1 is 1.17 bits per heavy atom. The lowest BCUT2D eigenvalue weighted by molar-refractivity contribution is -0.112. The molecule has 3 heterocycles. The van der Waals surface area contributed by atoms with Crippen molar-refractivity contribution in [1.29, 1.82) is 5.26 Å². The molecule has 30 heavy (non-hydrogen) atoms. The Morgan fingerprint density at radius 2 is 1.93 bits per heavy atom. The Bertz CT molecular complexity index is 1200. The van der Waals surface area contributed by atoms with Gasteiger partial charge in [0.2, 0.25) is 0 Å². The quantitative estimate of drug-likeness (QED) is 0.525. The minimum absolute atomic E-state index is 0.0125. The Morgan fingerprint density at radius 3 is 2.63 bits per heavy atom. The SMILES string of the molecule is Cc1cc(-n2c(C)cc(/C=C(\C#N)C(=O)Nc3ccc4c(c3)OCCO4)c2C)no1. The van der Waals surface area contributed by atoms with Gasteiger partial charge in [-0.05, 0) is 50.6 Å². The summed E-state index contributed by atoms with van der Waals surface area (Å²) in [6.45, 7) is 6.59. The fraction of sp³-hybridized carbons (Fsp3) is 0.227. The van der Waals surface area contributed by atoms with Crippen molar-refractivity contribution < 1.29 is 18.8 Å². The molecule has 0 saturated carbocycles. The summed E-state index contributed by atoms with van der Waals surface area (Å²) in [6.07, 6.45) is 1.57. The lowest BCUT2D eigenvalue weighted by Gasteiger charge is -2.18. The molecule has 0 bridgehead atoms. The van der Waals surface area contributed by atoms with E-state index in [0.29, 0.717) is 42.0 Å². The first kappa shape index (κ1) is 19.3. The molecule has 1 aromatic carbocycles. The summed E-state index contributed by atoms with van der Waals surface area (Å²) in [5.41, 5.74) is 3.02. The van der Waals surface area contributed by atoms with Crippen LogP contribution in [0.15, 0.2) is 40.4 Å². The first-order chi connectivity index (χ1) is 14.5. The first-order valence-electron chi connectivity index (χ1n) is 9.41. The summed E-state index contributed by atoms with van der Waals surface area (Å²) < 4.78 is 18.1. The van der Waals surface area contributed by atoms with Crippen LogP contribution in [-0.4, -0.2) is 28.8 Å². The number of anilines is 1. The van der Waals surface area contributed by atoms with Crippen LogP contribution in [0, 0.1) is 32.1 Å². The van der Waals surface area contributed by atoms with Gasteiger partial charge in [0, 0.05) is 29.2 Å². The van der Waals surface area contributed by atoms with E-state index >= 15 is 0 Å². The number of nitrogens with one attached hydrogen (secondary N) is 1. The Balaban J connectivity index is 1.60. The molecular formula is C22H20N4O4. The van der Waals surface area contributed by atoms with E-state index in [-0.39, 0.29) is 5.57 Å². The number of rotatable bonds is 4. The number of carbonyl (C=O) groups excluding carboxylic acids is 1. The Kier molecular flexibility index (Phi) is 5.02. The summed E-state index contributed by atoms with van der Waals surface area (Å²) >= 11 is 0. The van der Waals surface area contributed by atoms with E-state index in [1.165, 1.54) is 0 Å². The van der Waals surface area contributed by atoms with Crippen LogP contribution < -0.4 is 14.8 Å². The molecule has 0 atom stereocenters. The van der Waals surface area contributed by atoms with Gasteiger partial charge >= 0.3 is 0 Å². The molecule has 0 saturated heterocycles. The predicted molar refractivity (Wildman–Crippen MR) is 110 cm³/mol. The van der Waals surface area contributed by atoms with E-state index in [1.807, 2.05) is 43.5 Å². The average molecular weight is 404 g/mol. The molecule has 152 valence electrons. The summed E-state index contributed by atoms with van der Waals surface area (Å²) in [6, 6.07) is 10.8. The molecule has 2 aromatic heterocycles. The van der Waals surface area contributed by atoms with Gasteiger partial charge in [0.25, 0.3) is 5.91 Å². The Labute approximate surface area is 173 Å². The van der Waals surface area contributed by atoms with Crippen molar-refractivity contribution in [1.82, 2.24) is 9.72 Å². The van der Waals surface area contributed by atoms with Crippen LogP contribution >= 0.6 is 0 Å². The van der Waals surface area contributed by atoms with Gasteiger partial charge in [0.1, 0.15) is 30.6 Å². The summed E-state index contributed by atoms with van der Waals surface area (Å²) in [5, 5.41) is 16.3. The largest absolute Gasteiger partial charge is 0.486 e. The molecular weight excluding hydrogens is 384 g/mol. The van der Waals surface area contributed by atoms with E-state index in [4.69, 9.17) is 14.0 Å². The highest BCUT2D eigenvalue weighted by atomic mass is 16.6. The number of hydrogen-bond donors (Lipinski definition) is 1. The third kappa shape index (κ3) is 3.65. The molecule has 0 unspecified atom stereocenters. The van der Waals surface area contributed by atoms with Gasteiger partial charge in [-0.1, -0.05) is 5.16 Å². The van der Waals surface area contributed by atoms with Crippen molar-refractivity contribution in [2.45, 2.75) is 20.8 Å². The monoisotopic (exact) mass is 404 g/mol. The number of amides is 1. The van der Waals surface area contributed by atoms with Crippen LogP contribution in [0.1, 0.15) is 22.7 Å². The maximum atomic E-state index is 12.7. The van der Waals surface area contributed by atoms with Crippen LogP contribution in [0.5, 0.6) is 11.5 Å². The van der Waals surface area contributed by atoms with Crippen LogP contribution in [0.2, 0.25) is 0 Å². The zero-order valence-corrected chi connectivity index (χ0v) is 16.9. The van der Waals surface area contributed by atoms with E-state index < -0.39 is 5.91 Å². The lowest BCUT2D eigenvalue weighted by atomic mass is 10.1. The normalized spacial score (nSPS) is 13.1. The molecule has 1 N–H and O–H groups in total. The molecule has 0 aliphatic carbocycles. The standard InChI is InChI=1S/C22H20N4O4/c1-13-8-16(15(3)26(13)21-9-14(2)30-25-21)10-17(12-23)22(27)24-18-4-5-19-20(11-18)29-7-6-28-19/h4-5,8-11H,6-7H2,1-3H3,(H,24,27)/b17-10+. The molecule has 1 aliphatic rings. The average Bonchev–Trinajstić information content (AvgIpc) is 3.27. The molecule has 0 spiro atoms. The maximum absolute atomic E-state index is 12.7. The summed E-state index contributed by atoms with van der Waals surface area (Å²) in [7, 11) is 0. The second-order valence-electron chi connectivity index (χ2n) is 6.94. The zero-order valence-electron chi connectivity index (χ0n) is 16.9. The second kappa shape index (κ2) is 7.79. The Hall–Kier alpha value is -3.99. The lowest BCUT2D eigenvalue weighted by Crippen LogP contribution is -2.17. The number of nitriles is 1. The number of fused-ring (bicyclic) bond motifs is 1. The van der Waals surface area contributed by atoms with Gasteiger partial charge < -0.3 is 19.3 Å². The number of nitrogens with zero attached hydrogens (tertiary/aromatic N) is 3. The molecule has 1 aliphatic heterocycles. The number of ether oxygens (including phenoxy) is 2. The maximum Gasteiger partial charge on any atom is 0.266 e. The van der Waals surface area contributed by atoms with Crippen molar-refractivity contribution in [3.05, 3.63) is 58.6 Å². The fourth-order valence-electron chi connectivity index (χ4n) is 3.37. The van der Waals surface area contributed by atoms with Crippen molar-refractivity contribution in [3.63, 3.8) is 0 Å². The topological polar surface area (TPSA) is 102 Å². The van der Waals surface area contributed by atoms with Gasteiger partial charge in [-0.2, -0.15) is 5.26 Å². The van der Waals surface area contributed by atoms with E-state index in [0.717, 1.165) is 17.0 Å². The molecule has 0 radical (unpaired) electrons. The minimum Gasteiger partial charge on any atom is -0.486 e. The van der Waals surface area contributed by atoms with Crippen LogP contribution in [-0.2, 0) is 4.79 Å². The van der Waals surface area contributed by atoms with Crippen molar-refractivity contribution in [2.75, 3.05) is 18.5 Å². The van der Waals surface area contributed by atoms with Crippen LogP contribution in [0.25, 0.3) is 11.9 Å². The number of benzene rings is 1. The first-order valence-corrected chi connectivity index (χ1v) is 9.41. The van der Waals surface area contributed by atoms with Crippen LogP contribution in [0.4, 0.5) is 5.69 Å². The van der Waals surface area contributed by atoms with Gasteiger partial charge in [-0.25, -0.2) is 0 Å². The van der Waals surface area contributed by atoms with E-state index in [9.17, 15) is 10.1 Å². The highest BCUT2D eigenvalue weighted by Crippen LogP contribution is 2.32. The highest BCUT2D eigenvalue weighted by molar-refractivity contribution is 6.09. The van der Waals surface area contributed by atoms with Crippen molar-refractivity contribution in [3.8, 4) is 23.4 Å². The van der Waals surface area contributed by atoms with Gasteiger partial charge in [0.15, 0.2) is 17.3 Å². The van der Waals surface area contributed by atoms with Gasteiger partial charge in [-0.15, -0.1) is 0 Å². The zero-order chi connectivity index (χ0) is 21.3. The third-order valence-corrected chi connectivity index (χ3v) is 4.78. The third-order valence-electron chi connectivity index (χ3n) is 4.78. The number of aromatic nitrogens is 2. The summed E-state index contributed by atoms with van der Waals surface area (Å²) in [4.78, 5) is 12.7. The van der Waals surface area contributed by atoms with Gasteiger partial charge in [0.05, 0.1) is 0 Å². The predicted octanol–water partition coefficient (Wildman–Crippen LogP) is 3.71. The molecule has 0 fully saturated rings. The molecule has 1 amide bonds. The van der Waals surface area contributed by atoms with Crippen LogP contribution in [0.3, 0.4) is 0 Å². The highest BCUT2D eigenvalue weighted by Gasteiger charge is 2.17. The van der Waals surface area contributed by atoms with E-state index in [1.54, 1.807) is 24.3 Å². The molecule has 4 rings (SSSR count). The second-order valence-corrected chi connectivity index (χ2v) is 6.94. The number of aryl methyl sites for hydroxylation is 2. The number of carbonyl (C=O) groups is 1. The fourth-order valence-corrected chi connectivity index (χ4v) is 3.37. The van der Waals surface area contributed by atoms with E-state index in [2.05, 4.69) is 10.5 Å². The summed E-state index contributed by atoms with van der Waals surface area (Å²) in [5.74, 6) is 2.04. The minimum atomic E-state index is -0.503. The molecule has 8 nitrogen and oxygen atoms in total. The number of hydrogen-bond acceptors (Lipinski definition) is 6. The molecule has 8 heteroatoms. The van der Waals surface area contributed by atoms with Crippen molar-refractivity contribution in [2.24, 2.45) is 0 Å². The van der Waals surface area contributed by atoms with Crippen molar-refractivity contribution >= 4 is 17.7 Å². The molecule has 3 aromatic rings. The van der Waals surface area contributed by atoms with Gasteiger partial charge in [-0.3, -0.25) is 9.36 Å².